The molecule has 1 aliphatic carbocycles. The highest BCUT2D eigenvalue weighted by molar-refractivity contribution is 5.88. The van der Waals surface area contributed by atoms with Crippen molar-refractivity contribution in [2.75, 3.05) is 6.54 Å². The molecule has 1 amide bonds. The third-order valence-electron chi connectivity index (χ3n) is 6.38. The number of amides is 1. The molecular formula is C29H32N2O5. The number of fused-ring (bicyclic) bond motifs is 1. The topological polar surface area (TPSA) is 100.0 Å². The summed E-state index contributed by atoms with van der Waals surface area (Å²) < 4.78 is 5.71. The quantitative estimate of drug-likeness (QED) is 0.490. The summed E-state index contributed by atoms with van der Waals surface area (Å²) in [5.74, 6) is -0.953. The maximum atomic E-state index is 13.2. The Balaban J connectivity index is 1.58. The number of benzene rings is 2. The standard InChI is InChI=1S/C29H32N2O5/c1-29(2,3)36-28(35)31(18-26(32)23-5-4-14-30-17-23)25-13-12-20-8-11-22(15-24(20)16-25)19-6-9-21(10-7-19)27(33)34/h4-11,14-15,17,25-26,32H,12-13,16,18H2,1-3H3,(H,33,34)/t25-,26-/m0/s1. The molecule has 0 radical (unpaired) electrons. The van der Waals surface area contributed by atoms with Gasteiger partial charge in [0.05, 0.1) is 18.2 Å². The van der Waals surface area contributed by atoms with Crippen molar-refractivity contribution in [2.45, 2.75) is 57.8 Å². The number of aliphatic hydroxyl groups is 1. The molecule has 1 heterocycles. The lowest BCUT2D eigenvalue weighted by molar-refractivity contribution is 0.00191. The minimum atomic E-state index is -0.953. The summed E-state index contributed by atoms with van der Waals surface area (Å²) in [6, 6.07) is 16.5. The van der Waals surface area contributed by atoms with E-state index in [-0.39, 0.29) is 18.2 Å². The van der Waals surface area contributed by atoms with Gasteiger partial charge in [-0.05, 0) is 80.5 Å². The molecule has 1 aliphatic rings. The number of aromatic nitrogens is 1. The fourth-order valence-corrected chi connectivity index (χ4v) is 4.55. The molecule has 3 aromatic rings. The number of aromatic carboxylic acids is 1. The highest BCUT2D eigenvalue weighted by Gasteiger charge is 2.33. The molecule has 0 aliphatic heterocycles. The van der Waals surface area contributed by atoms with Crippen LogP contribution in [-0.4, -0.2) is 50.3 Å². The van der Waals surface area contributed by atoms with Gasteiger partial charge in [-0.15, -0.1) is 0 Å². The van der Waals surface area contributed by atoms with Crippen molar-refractivity contribution in [3.63, 3.8) is 0 Å². The monoisotopic (exact) mass is 488 g/mol. The van der Waals surface area contributed by atoms with Gasteiger partial charge < -0.3 is 19.8 Å². The van der Waals surface area contributed by atoms with Crippen molar-refractivity contribution in [1.82, 2.24) is 9.88 Å². The van der Waals surface area contributed by atoms with E-state index in [9.17, 15) is 19.8 Å². The van der Waals surface area contributed by atoms with Crippen molar-refractivity contribution in [2.24, 2.45) is 0 Å². The number of ether oxygens (including phenoxy) is 1. The molecule has 188 valence electrons. The SMILES string of the molecule is CC(C)(C)OC(=O)N(C[C@H](O)c1cccnc1)[C@H]1CCc2ccc(-c3ccc(C(=O)O)cc3)cc2C1. The predicted octanol–water partition coefficient (Wildman–Crippen LogP) is 5.27. The molecule has 2 N–H and O–H groups in total. The maximum absolute atomic E-state index is 13.2. The van der Waals surface area contributed by atoms with Gasteiger partial charge in [-0.25, -0.2) is 9.59 Å². The Kier molecular flexibility index (Phi) is 7.40. The number of carboxylic acid groups (broad SMARTS) is 1. The summed E-state index contributed by atoms with van der Waals surface area (Å²) in [5.41, 5.74) is 4.53. The molecule has 1 aromatic heterocycles. The first-order valence-corrected chi connectivity index (χ1v) is 12.1. The molecule has 0 unspecified atom stereocenters. The second-order valence-electron chi connectivity index (χ2n) is 10.2. The summed E-state index contributed by atoms with van der Waals surface area (Å²) >= 11 is 0. The second kappa shape index (κ2) is 10.5. The van der Waals surface area contributed by atoms with Gasteiger partial charge >= 0.3 is 12.1 Å². The van der Waals surface area contributed by atoms with Crippen molar-refractivity contribution >= 4 is 12.1 Å². The summed E-state index contributed by atoms with van der Waals surface area (Å²) in [6.45, 7) is 5.60. The molecule has 0 saturated heterocycles. The summed E-state index contributed by atoms with van der Waals surface area (Å²) in [6.07, 6.45) is 4.13. The smallest absolute Gasteiger partial charge is 0.410 e. The molecule has 2 aromatic carbocycles. The fraction of sp³-hybridized carbons (Fsp3) is 0.345. The van der Waals surface area contributed by atoms with Crippen LogP contribution in [0.3, 0.4) is 0 Å². The van der Waals surface area contributed by atoms with Gasteiger partial charge in [-0.3, -0.25) is 4.98 Å². The van der Waals surface area contributed by atoms with Crippen LogP contribution in [0.25, 0.3) is 11.1 Å². The Morgan fingerprint density at radius 1 is 1.08 bits per heavy atom. The second-order valence-corrected chi connectivity index (χ2v) is 10.2. The summed E-state index contributed by atoms with van der Waals surface area (Å²) in [4.78, 5) is 30.2. The lowest BCUT2D eigenvalue weighted by Gasteiger charge is -2.37. The Morgan fingerprint density at radius 2 is 1.81 bits per heavy atom. The van der Waals surface area contributed by atoms with Crippen LogP contribution in [-0.2, 0) is 17.6 Å². The third kappa shape index (κ3) is 6.10. The number of nitrogens with zero attached hydrogens (tertiary/aromatic N) is 2. The van der Waals surface area contributed by atoms with Crippen LogP contribution < -0.4 is 0 Å². The first kappa shape index (κ1) is 25.4. The zero-order chi connectivity index (χ0) is 25.9. The molecule has 7 heteroatoms. The molecular weight excluding hydrogens is 456 g/mol. The van der Waals surface area contributed by atoms with Crippen LogP contribution in [0.15, 0.2) is 67.0 Å². The molecule has 7 nitrogen and oxygen atoms in total. The van der Waals surface area contributed by atoms with Gasteiger partial charge in [-0.2, -0.15) is 0 Å². The van der Waals surface area contributed by atoms with Crippen LogP contribution in [0, 0.1) is 0 Å². The molecule has 2 atom stereocenters. The Hall–Kier alpha value is -3.71. The molecule has 0 fully saturated rings. The van der Waals surface area contributed by atoms with E-state index < -0.39 is 23.8 Å². The van der Waals surface area contributed by atoms with Gasteiger partial charge in [-0.1, -0.05) is 36.4 Å². The largest absolute Gasteiger partial charge is 0.478 e. The number of aryl methyl sites for hydroxylation is 1. The van der Waals surface area contributed by atoms with E-state index in [1.54, 1.807) is 41.6 Å². The zero-order valence-electron chi connectivity index (χ0n) is 20.8. The number of hydrogen-bond acceptors (Lipinski definition) is 5. The van der Waals surface area contributed by atoms with Gasteiger partial charge in [0.15, 0.2) is 0 Å². The number of carbonyl (C=O) groups excluding carboxylic acids is 1. The number of pyridine rings is 1. The van der Waals surface area contributed by atoms with Gasteiger partial charge in [0.25, 0.3) is 0 Å². The molecule has 36 heavy (non-hydrogen) atoms. The van der Waals surface area contributed by atoms with Gasteiger partial charge in [0.1, 0.15) is 5.60 Å². The van der Waals surface area contributed by atoms with Crippen molar-refractivity contribution in [1.29, 1.82) is 0 Å². The molecule has 4 rings (SSSR count). The molecule has 0 spiro atoms. The molecule has 0 bridgehead atoms. The number of hydrogen-bond donors (Lipinski definition) is 2. The summed E-state index contributed by atoms with van der Waals surface area (Å²) in [7, 11) is 0. The number of carbonyl (C=O) groups is 2. The van der Waals surface area contributed by atoms with E-state index in [0.29, 0.717) is 12.0 Å². The normalized spacial score (nSPS) is 16.1. The average Bonchev–Trinajstić information content (AvgIpc) is 2.86. The van der Waals surface area contributed by atoms with E-state index in [4.69, 9.17) is 4.74 Å². The van der Waals surface area contributed by atoms with E-state index in [0.717, 1.165) is 29.5 Å². The van der Waals surface area contributed by atoms with Crippen LogP contribution in [0.2, 0.25) is 0 Å². The Labute approximate surface area is 211 Å². The zero-order valence-corrected chi connectivity index (χ0v) is 20.8. The fourth-order valence-electron chi connectivity index (χ4n) is 4.55. The molecule has 0 saturated carbocycles. The van der Waals surface area contributed by atoms with Crippen molar-refractivity contribution in [3.8, 4) is 11.1 Å². The minimum Gasteiger partial charge on any atom is -0.478 e. The highest BCUT2D eigenvalue weighted by Crippen LogP contribution is 2.31. The predicted molar refractivity (Wildman–Crippen MR) is 137 cm³/mol. The Bertz CT molecular complexity index is 1220. The van der Waals surface area contributed by atoms with Gasteiger partial charge in [0, 0.05) is 24.0 Å². The van der Waals surface area contributed by atoms with Gasteiger partial charge in [0.2, 0.25) is 0 Å². The summed E-state index contributed by atoms with van der Waals surface area (Å²) in [5, 5.41) is 20.1. The van der Waals surface area contributed by atoms with Crippen LogP contribution in [0.1, 0.15) is 60.3 Å². The first-order valence-electron chi connectivity index (χ1n) is 12.1. The van der Waals surface area contributed by atoms with E-state index in [1.807, 2.05) is 39.0 Å². The number of carboxylic acids is 1. The van der Waals surface area contributed by atoms with Crippen LogP contribution in [0.4, 0.5) is 4.79 Å². The van der Waals surface area contributed by atoms with Crippen molar-refractivity contribution in [3.05, 3.63) is 89.2 Å². The van der Waals surface area contributed by atoms with E-state index >= 15 is 0 Å². The minimum absolute atomic E-state index is 0.108. The average molecular weight is 489 g/mol. The Morgan fingerprint density at radius 3 is 2.44 bits per heavy atom. The lowest BCUT2D eigenvalue weighted by Crippen LogP contribution is -2.47. The highest BCUT2D eigenvalue weighted by atomic mass is 16.6. The van der Waals surface area contributed by atoms with E-state index in [1.165, 1.54) is 5.56 Å². The van der Waals surface area contributed by atoms with Crippen LogP contribution in [0.5, 0.6) is 0 Å². The number of rotatable bonds is 6. The van der Waals surface area contributed by atoms with Crippen molar-refractivity contribution < 1.29 is 24.5 Å². The lowest BCUT2D eigenvalue weighted by atomic mass is 9.85. The van der Waals surface area contributed by atoms with E-state index in [2.05, 4.69) is 17.1 Å². The first-order chi connectivity index (χ1) is 17.1. The maximum Gasteiger partial charge on any atom is 0.410 e. The third-order valence-corrected chi connectivity index (χ3v) is 6.38. The van der Waals surface area contributed by atoms with Crippen LogP contribution >= 0.6 is 0 Å². The number of aliphatic hydroxyl groups excluding tert-OH is 1.